The summed E-state index contributed by atoms with van der Waals surface area (Å²) in [6.07, 6.45) is -4.58. The van der Waals surface area contributed by atoms with Gasteiger partial charge in [0.15, 0.2) is 0 Å². The van der Waals surface area contributed by atoms with Gasteiger partial charge in [0.2, 0.25) is 17.7 Å². The monoisotopic (exact) mass is 194 g/mol. The Morgan fingerprint density at radius 1 is 1.54 bits per heavy atom. The van der Waals surface area contributed by atoms with E-state index in [1.165, 1.54) is 0 Å². The van der Waals surface area contributed by atoms with E-state index in [0.29, 0.717) is 0 Å². The number of aromatic nitrogens is 3. The molecule has 1 aromatic heterocycles. The SMILES string of the molecule is CC(=O)Nc1n[nH]c(C(F)(F)F)n1. The predicted molar refractivity (Wildman–Crippen MR) is 35.7 cm³/mol. The molecule has 1 amide bonds. The summed E-state index contributed by atoms with van der Waals surface area (Å²) in [7, 11) is 0. The number of aromatic amines is 1. The molecule has 1 rings (SSSR count). The maximum Gasteiger partial charge on any atom is 0.451 e. The van der Waals surface area contributed by atoms with E-state index >= 15 is 0 Å². The van der Waals surface area contributed by atoms with E-state index in [2.05, 4.69) is 10.1 Å². The molecule has 8 heteroatoms. The van der Waals surface area contributed by atoms with Crippen LogP contribution in [-0.4, -0.2) is 21.1 Å². The topological polar surface area (TPSA) is 70.7 Å². The summed E-state index contributed by atoms with van der Waals surface area (Å²) >= 11 is 0. The molecular formula is C5H5F3N4O. The molecule has 0 unspecified atom stereocenters. The maximum absolute atomic E-state index is 11.9. The van der Waals surface area contributed by atoms with Crippen LogP contribution in [0.25, 0.3) is 0 Å². The number of amides is 1. The summed E-state index contributed by atoms with van der Waals surface area (Å²) < 4.78 is 35.7. The molecule has 0 spiro atoms. The second kappa shape index (κ2) is 3.04. The number of hydrogen-bond donors (Lipinski definition) is 2. The molecule has 0 bridgehead atoms. The number of anilines is 1. The number of nitrogens with zero attached hydrogens (tertiary/aromatic N) is 2. The van der Waals surface area contributed by atoms with Crippen molar-refractivity contribution in [3.05, 3.63) is 5.82 Å². The lowest BCUT2D eigenvalue weighted by Gasteiger charge is -1.98. The fourth-order valence-corrected chi connectivity index (χ4v) is 0.602. The van der Waals surface area contributed by atoms with Crippen molar-refractivity contribution in [2.45, 2.75) is 13.1 Å². The highest BCUT2D eigenvalue weighted by atomic mass is 19.4. The fourth-order valence-electron chi connectivity index (χ4n) is 0.602. The van der Waals surface area contributed by atoms with Crippen LogP contribution in [0.1, 0.15) is 12.7 Å². The summed E-state index contributed by atoms with van der Waals surface area (Å²) in [4.78, 5) is 13.4. The van der Waals surface area contributed by atoms with Crippen LogP contribution in [0.15, 0.2) is 0 Å². The molecule has 0 saturated heterocycles. The summed E-state index contributed by atoms with van der Waals surface area (Å²) in [6.45, 7) is 1.14. The smallest absolute Gasteiger partial charge is 0.293 e. The Balaban J connectivity index is 2.81. The molecule has 0 radical (unpaired) electrons. The highest BCUT2D eigenvalue weighted by Crippen LogP contribution is 2.26. The van der Waals surface area contributed by atoms with E-state index in [-0.39, 0.29) is 5.95 Å². The van der Waals surface area contributed by atoms with E-state index in [1.807, 2.05) is 5.32 Å². The van der Waals surface area contributed by atoms with Gasteiger partial charge in [0.1, 0.15) is 0 Å². The number of nitrogens with one attached hydrogen (secondary N) is 2. The molecule has 1 aromatic rings. The van der Waals surface area contributed by atoms with Crippen molar-refractivity contribution in [1.29, 1.82) is 0 Å². The Hall–Kier alpha value is -1.60. The molecule has 1 heterocycles. The Bertz CT molecular complexity index is 318. The lowest BCUT2D eigenvalue weighted by molar-refractivity contribution is -0.144. The highest BCUT2D eigenvalue weighted by Gasteiger charge is 2.35. The van der Waals surface area contributed by atoms with Gasteiger partial charge < -0.3 is 0 Å². The van der Waals surface area contributed by atoms with Crippen LogP contribution in [0.4, 0.5) is 19.1 Å². The van der Waals surface area contributed by atoms with Crippen LogP contribution in [0.2, 0.25) is 0 Å². The largest absolute Gasteiger partial charge is 0.451 e. The lowest BCUT2D eigenvalue weighted by Crippen LogP contribution is -2.09. The van der Waals surface area contributed by atoms with Crippen LogP contribution in [0, 0.1) is 0 Å². The quantitative estimate of drug-likeness (QED) is 0.693. The molecule has 2 N–H and O–H groups in total. The van der Waals surface area contributed by atoms with Gasteiger partial charge in [-0.1, -0.05) is 0 Å². The Morgan fingerprint density at radius 2 is 2.15 bits per heavy atom. The molecule has 0 atom stereocenters. The van der Waals surface area contributed by atoms with E-state index in [9.17, 15) is 18.0 Å². The second-order valence-corrected chi connectivity index (χ2v) is 2.19. The van der Waals surface area contributed by atoms with Gasteiger partial charge in [-0.15, -0.1) is 5.10 Å². The second-order valence-electron chi connectivity index (χ2n) is 2.19. The van der Waals surface area contributed by atoms with Crippen molar-refractivity contribution >= 4 is 11.9 Å². The van der Waals surface area contributed by atoms with Crippen LogP contribution in [0.5, 0.6) is 0 Å². The Labute approximate surface area is 70.4 Å². The van der Waals surface area contributed by atoms with Crippen LogP contribution >= 0.6 is 0 Å². The molecular weight excluding hydrogens is 189 g/mol. The molecule has 0 aliphatic carbocycles. The molecule has 0 aliphatic heterocycles. The average Bonchev–Trinajstić information content (AvgIpc) is 2.32. The van der Waals surface area contributed by atoms with Crippen LogP contribution in [0.3, 0.4) is 0 Å². The minimum absolute atomic E-state index is 0.389. The van der Waals surface area contributed by atoms with Gasteiger partial charge >= 0.3 is 6.18 Å². The van der Waals surface area contributed by atoms with E-state index in [1.54, 1.807) is 5.10 Å². The zero-order valence-corrected chi connectivity index (χ0v) is 6.44. The van der Waals surface area contributed by atoms with Crippen molar-refractivity contribution in [2.24, 2.45) is 0 Å². The maximum atomic E-state index is 11.9. The van der Waals surface area contributed by atoms with Crippen molar-refractivity contribution in [3.8, 4) is 0 Å². The van der Waals surface area contributed by atoms with Crippen LogP contribution in [-0.2, 0) is 11.0 Å². The Kier molecular flexibility index (Phi) is 2.22. The molecule has 0 saturated carbocycles. The molecule has 5 nitrogen and oxygen atoms in total. The first-order valence-electron chi connectivity index (χ1n) is 3.17. The number of rotatable bonds is 1. The van der Waals surface area contributed by atoms with Crippen molar-refractivity contribution in [1.82, 2.24) is 15.2 Å². The Morgan fingerprint density at radius 3 is 2.54 bits per heavy atom. The number of carbonyl (C=O) groups is 1. The highest BCUT2D eigenvalue weighted by molar-refractivity contribution is 5.86. The van der Waals surface area contributed by atoms with Crippen LogP contribution < -0.4 is 5.32 Å². The first-order chi connectivity index (χ1) is 5.89. The van der Waals surface area contributed by atoms with E-state index < -0.39 is 17.9 Å². The van der Waals surface area contributed by atoms with Gasteiger partial charge in [-0.05, 0) is 0 Å². The zero-order valence-electron chi connectivity index (χ0n) is 6.44. The third-order valence-corrected chi connectivity index (χ3v) is 1.04. The number of hydrogen-bond acceptors (Lipinski definition) is 3. The standard InChI is InChI=1S/C5H5F3N4O/c1-2(13)9-4-10-3(11-12-4)5(6,7)8/h1H3,(H2,9,10,11,12,13). The molecule has 0 aliphatic rings. The van der Waals surface area contributed by atoms with Gasteiger partial charge in [0.05, 0.1) is 0 Å². The van der Waals surface area contributed by atoms with Gasteiger partial charge in [-0.25, -0.2) is 0 Å². The molecule has 72 valence electrons. The molecule has 0 fully saturated rings. The third kappa shape index (κ3) is 2.42. The molecule has 0 aromatic carbocycles. The van der Waals surface area contributed by atoms with E-state index in [0.717, 1.165) is 6.92 Å². The minimum atomic E-state index is -4.58. The number of H-pyrrole nitrogens is 1. The number of carbonyl (C=O) groups excluding carboxylic acids is 1. The average molecular weight is 194 g/mol. The number of halogens is 3. The van der Waals surface area contributed by atoms with Gasteiger partial charge in [-0.3, -0.25) is 15.2 Å². The van der Waals surface area contributed by atoms with Gasteiger partial charge in [-0.2, -0.15) is 18.2 Å². The summed E-state index contributed by atoms with van der Waals surface area (Å²) in [5.74, 6) is -2.16. The van der Waals surface area contributed by atoms with Crippen molar-refractivity contribution in [2.75, 3.05) is 5.32 Å². The van der Waals surface area contributed by atoms with Crippen molar-refractivity contribution in [3.63, 3.8) is 0 Å². The predicted octanol–water partition coefficient (Wildman–Crippen LogP) is 0.782. The summed E-state index contributed by atoms with van der Waals surface area (Å²) in [6, 6.07) is 0. The zero-order chi connectivity index (χ0) is 10.1. The number of alkyl halides is 3. The van der Waals surface area contributed by atoms with Gasteiger partial charge in [0, 0.05) is 6.92 Å². The molecule has 13 heavy (non-hydrogen) atoms. The third-order valence-electron chi connectivity index (χ3n) is 1.04. The summed E-state index contributed by atoms with van der Waals surface area (Å²) in [5.41, 5.74) is 0. The summed E-state index contributed by atoms with van der Waals surface area (Å²) in [5, 5.41) is 6.79. The first-order valence-corrected chi connectivity index (χ1v) is 3.17. The van der Waals surface area contributed by atoms with E-state index in [4.69, 9.17) is 0 Å². The fraction of sp³-hybridized carbons (Fsp3) is 0.400. The normalized spacial score (nSPS) is 11.4. The van der Waals surface area contributed by atoms with Crippen molar-refractivity contribution < 1.29 is 18.0 Å². The van der Waals surface area contributed by atoms with Gasteiger partial charge in [0.25, 0.3) is 0 Å². The minimum Gasteiger partial charge on any atom is -0.293 e. The first kappa shape index (κ1) is 9.49. The lowest BCUT2D eigenvalue weighted by atomic mass is 10.6.